The first kappa shape index (κ1) is 14.3. The Morgan fingerprint density at radius 2 is 1.95 bits per heavy atom. The van der Waals surface area contributed by atoms with Crippen molar-refractivity contribution >= 4 is 22.6 Å². The molecule has 0 saturated heterocycles. The molecule has 0 bridgehead atoms. The van der Waals surface area contributed by atoms with Crippen LogP contribution >= 0.6 is 11.6 Å². The number of halogens is 2. The van der Waals surface area contributed by atoms with E-state index in [4.69, 9.17) is 11.6 Å². The average molecular weight is 283 g/mol. The number of aromatic nitrogens is 2. The van der Waals surface area contributed by atoms with Gasteiger partial charge in [0.1, 0.15) is 11.6 Å². The van der Waals surface area contributed by atoms with E-state index in [0.717, 1.165) is 24.2 Å². The van der Waals surface area contributed by atoms with Crippen molar-refractivity contribution < 1.29 is 4.39 Å². The Hall–Kier alpha value is -1.09. The van der Waals surface area contributed by atoms with Crippen LogP contribution in [0.15, 0.2) is 12.1 Å². The third kappa shape index (κ3) is 2.25. The van der Waals surface area contributed by atoms with Gasteiger partial charge in [-0.1, -0.05) is 13.8 Å². The molecule has 0 aliphatic rings. The fourth-order valence-electron chi connectivity index (χ4n) is 2.51. The predicted molar refractivity (Wildman–Crippen MR) is 78.2 cm³/mol. The monoisotopic (exact) mass is 282 g/mol. The Morgan fingerprint density at radius 3 is 2.47 bits per heavy atom. The van der Waals surface area contributed by atoms with Crippen molar-refractivity contribution in [3.05, 3.63) is 29.3 Å². The first-order valence-corrected chi connectivity index (χ1v) is 7.24. The number of hydrogen-bond donors (Lipinski definition) is 0. The van der Waals surface area contributed by atoms with Crippen molar-refractivity contribution in [2.75, 3.05) is 0 Å². The largest absolute Gasteiger partial charge is 0.321 e. The Labute approximate surface area is 118 Å². The SMILES string of the molecule is CCC(C)(CC)n1c(CCl)nc2cc(F)c(C)cc21. The lowest BCUT2D eigenvalue weighted by Crippen LogP contribution is -2.29. The minimum Gasteiger partial charge on any atom is -0.321 e. The van der Waals surface area contributed by atoms with Crippen LogP contribution in [-0.4, -0.2) is 9.55 Å². The molecule has 0 aliphatic heterocycles. The number of rotatable bonds is 4. The van der Waals surface area contributed by atoms with Gasteiger partial charge in [0.15, 0.2) is 0 Å². The van der Waals surface area contributed by atoms with E-state index in [1.54, 1.807) is 6.92 Å². The zero-order valence-electron chi connectivity index (χ0n) is 11.9. The topological polar surface area (TPSA) is 17.8 Å². The van der Waals surface area contributed by atoms with Crippen LogP contribution in [0.3, 0.4) is 0 Å². The molecule has 0 fully saturated rings. The fourth-order valence-corrected chi connectivity index (χ4v) is 2.69. The summed E-state index contributed by atoms with van der Waals surface area (Å²) in [6.07, 6.45) is 1.96. The van der Waals surface area contributed by atoms with Crippen LogP contribution in [-0.2, 0) is 11.4 Å². The summed E-state index contributed by atoms with van der Waals surface area (Å²) in [5, 5.41) is 0. The average Bonchev–Trinajstić information content (AvgIpc) is 2.76. The van der Waals surface area contributed by atoms with Crippen molar-refractivity contribution in [1.29, 1.82) is 0 Å². The molecule has 0 N–H and O–H groups in total. The maximum atomic E-state index is 13.7. The second-order valence-corrected chi connectivity index (χ2v) is 5.56. The summed E-state index contributed by atoms with van der Waals surface area (Å²) in [5.74, 6) is 0.936. The van der Waals surface area contributed by atoms with Crippen molar-refractivity contribution in [3.8, 4) is 0 Å². The Bertz CT molecular complexity index is 600. The zero-order chi connectivity index (χ0) is 14.2. The maximum Gasteiger partial charge on any atom is 0.128 e. The van der Waals surface area contributed by atoms with Gasteiger partial charge >= 0.3 is 0 Å². The van der Waals surface area contributed by atoms with Gasteiger partial charge in [-0.25, -0.2) is 9.37 Å². The Kier molecular flexibility index (Phi) is 3.86. The van der Waals surface area contributed by atoms with Gasteiger partial charge in [0.25, 0.3) is 0 Å². The van der Waals surface area contributed by atoms with E-state index < -0.39 is 0 Å². The van der Waals surface area contributed by atoms with E-state index in [9.17, 15) is 4.39 Å². The van der Waals surface area contributed by atoms with Crippen LogP contribution in [0.4, 0.5) is 4.39 Å². The lowest BCUT2D eigenvalue weighted by molar-refractivity contribution is 0.296. The number of benzene rings is 1. The van der Waals surface area contributed by atoms with Gasteiger partial charge in [-0.2, -0.15) is 0 Å². The number of hydrogen-bond acceptors (Lipinski definition) is 1. The molecule has 104 valence electrons. The lowest BCUT2D eigenvalue weighted by atomic mass is 9.94. The standard InChI is InChI=1S/C15H20ClFN2/c1-5-15(4,6-2)19-13-7-10(3)11(17)8-12(13)18-14(19)9-16/h7-8H,5-6,9H2,1-4H3. The van der Waals surface area contributed by atoms with Crippen molar-refractivity contribution in [2.45, 2.75) is 52.0 Å². The minimum absolute atomic E-state index is 0.0384. The molecular weight excluding hydrogens is 263 g/mol. The molecule has 1 heterocycles. The molecule has 0 saturated carbocycles. The molecule has 1 aromatic heterocycles. The molecule has 2 aromatic rings. The smallest absolute Gasteiger partial charge is 0.128 e. The van der Waals surface area contributed by atoms with E-state index in [1.807, 2.05) is 6.07 Å². The van der Waals surface area contributed by atoms with Gasteiger partial charge in [-0.3, -0.25) is 0 Å². The van der Waals surface area contributed by atoms with E-state index in [1.165, 1.54) is 6.07 Å². The molecule has 0 unspecified atom stereocenters. The van der Waals surface area contributed by atoms with Gasteiger partial charge in [0.2, 0.25) is 0 Å². The van der Waals surface area contributed by atoms with E-state index in [-0.39, 0.29) is 11.4 Å². The molecule has 0 aliphatic carbocycles. The number of fused-ring (bicyclic) bond motifs is 1. The summed E-state index contributed by atoms with van der Waals surface area (Å²) in [6, 6.07) is 3.38. The van der Waals surface area contributed by atoms with Crippen LogP contribution < -0.4 is 0 Å². The predicted octanol–water partition coefficient (Wildman–Crippen LogP) is 4.76. The van der Waals surface area contributed by atoms with E-state index in [0.29, 0.717) is 17.0 Å². The third-order valence-electron chi connectivity index (χ3n) is 4.19. The van der Waals surface area contributed by atoms with Crippen LogP contribution in [0.1, 0.15) is 45.0 Å². The maximum absolute atomic E-state index is 13.7. The summed E-state index contributed by atoms with van der Waals surface area (Å²) in [4.78, 5) is 4.49. The number of aryl methyl sites for hydroxylation is 1. The molecule has 19 heavy (non-hydrogen) atoms. The molecular formula is C15H20ClFN2. The number of nitrogens with zero attached hydrogens (tertiary/aromatic N) is 2. The Morgan fingerprint density at radius 1 is 1.32 bits per heavy atom. The van der Waals surface area contributed by atoms with E-state index in [2.05, 4.69) is 30.3 Å². The first-order chi connectivity index (χ1) is 8.96. The molecule has 2 nitrogen and oxygen atoms in total. The summed E-state index contributed by atoms with van der Waals surface area (Å²) in [5.41, 5.74) is 2.26. The van der Waals surface area contributed by atoms with E-state index >= 15 is 0 Å². The second kappa shape index (κ2) is 5.12. The number of imidazole rings is 1. The van der Waals surface area contributed by atoms with Gasteiger partial charge in [-0.05, 0) is 38.3 Å². The molecule has 0 amide bonds. The highest BCUT2D eigenvalue weighted by molar-refractivity contribution is 6.16. The fraction of sp³-hybridized carbons (Fsp3) is 0.533. The molecule has 1 aromatic carbocycles. The quantitative estimate of drug-likeness (QED) is 0.740. The normalized spacial score (nSPS) is 12.3. The summed E-state index contributed by atoms with van der Waals surface area (Å²) in [7, 11) is 0. The molecule has 0 spiro atoms. The van der Waals surface area contributed by atoms with Crippen LogP contribution in [0, 0.1) is 12.7 Å². The van der Waals surface area contributed by atoms with Crippen molar-refractivity contribution in [2.24, 2.45) is 0 Å². The van der Waals surface area contributed by atoms with Crippen LogP contribution in [0.2, 0.25) is 0 Å². The summed E-state index contributed by atoms with van der Waals surface area (Å²) in [6.45, 7) is 8.29. The second-order valence-electron chi connectivity index (χ2n) is 5.29. The highest BCUT2D eigenvalue weighted by atomic mass is 35.5. The third-order valence-corrected chi connectivity index (χ3v) is 4.43. The van der Waals surface area contributed by atoms with Gasteiger partial charge in [0, 0.05) is 11.6 Å². The zero-order valence-corrected chi connectivity index (χ0v) is 12.7. The highest BCUT2D eigenvalue weighted by Gasteiger charge is 2.27. The minimum atomic E-state index is -0.215. The summed E-state index contributed by atoms with van der Waals surface area (Å²) >= 11 is 6.03. The summed E-state index contributed by atoms with van der Waals surface area (Å²) < 4.78 is 15.9. The van der Waals surface area contributed by atoms with Gasteiger partial charge < -0.3 is 4.57 Å². The van der Waals surface area contributed by atoms with Crippen LogP contribution in [0.25, 0.3) is 11.0 Å². The van der Waals surface area contributed by atoms with Crippen molar-refractivity contribution in [3.63, 3.8) is 0 Å². The molecule has 0 radical (unpaired) electrons. The molecule has 2 rings (SSSR count). The van der Waals surface area contributed by atoms with Gasteiger partial charge in [-0.15, -0.1) is 11.6 Å². The first-order valence-electron chi connectivity index (χ1n) is 6.70. The lowest BCUT2D eigenvalue weighted by Gasteiger charge is -2.31. The van der Waals surface area contributed by atoms with Crippen molar-refractivity contribution in [1.82, 2.24) is 9.55 Å². The molecule has 0 atom stereocenters. The van der Waals surface area contributed by atoms with Crippen LogP contribution in [0.5, 0.6) is 0 Å². The van der Waals surface area contributed by atoms with Gasteiger partial charge in [0.05, 0.1) is 16.9 Å². The Balaban J connectivity index is 2.80. The number of alkyl halides is 1. The molecule has 4 heteroatoms. The highest BCUT2D eigenvalue weighted by Crippen LogP contribution is 2.32.